The molecule has 2 aromatic carbocycles. The van der Waals surface area contributed by atoms with Gasteiger partial charge in [-0.3, -0.25) is 9.48 Å². The number of rotatable bonds is 5. The Morgan fingerprint density at radius 2 is 1.87 bits per heavy atom. The van der Waals surface area contributed by atoms with E-state index in [0.29, 0.717) is 34.7 Å². The molecular weight excluding hydrogens is 497 g/mol. The lowest BCUT2D eigenvalue weighted by atomic mass is 10.1. The molecule has 9 nitrogen and oxygen atoms in total. The van der Waals surface area contributed by atoms with Crippen molar-refractivity contribution in [2.24, 2.45) is 7.05 Å². The Balaban J connectivity index is 0.000000198. The van der Waals surface area contributed by atoms with Crippen molar-refractivity contribution in [3.8, 4) is 6.01 Å². The summed E-state index contributed by atoms with van der Waals surface area (Å²) in [5.74, 6) is -0.289. The molecule has 2 atom stereocenters. The van der Waals surface area contributed by atoms with E-state index in [1.807, 2.05) is 24.4 Å². The number of carbonyl (C=O) groups is 1. The second kappa shape index (κ2) is 11.5. The highest BCUT2D eigenvalue weighted by Gasteiger charge is 2.24. The number of hydrogen-bond acceptors (Lipinski definition) is 8. The van der Waals surface area contributed by atoms with E-state index in [1.165, 1.54) is 18.9 Å². The first-order valence-corrected chi connectivity index (χ1v) is 13.6. The Kier molecular flexibility index (Phi) is 7.92. The number of nitrogens with zero attached hydrogens (tertiary/aromatic N) is 5. The third kappa shape index (κ3) is 5.95. The third-order valence-electron chi connectivity index (χ3n) is 7.30. The van der Waals surface area contributed by atoms with E-state index in [4.69, 9.17) is 4.74 Å². The second-order valence-electron chi connectivity index (χ2n) is 10.6. The average Bonchev–Trinajstić information content (AvgIpc) is 3.56. The van der Waals surface area contributed by atoms with E-state index < -0.39 is 0 Å². The molecule has 4 aromatic rings. The van der Waals surface area contributed by atoms with Crippen LogP contribution in [0.25, 0.3) is 21.8 Å². The number of anilines is 2. The van der Waals surface area contributed by atoms with Crippen molar-refractivity contribution in [3.05, 3.63) is 48.0 Å². The van der Waals surface area contributed by atoms with Gasteiger partial charge in [-0.25, -0.2) is 9.37 Å². The van der Waals surface area contributed by atoms with Gasteiger partial charge in [-0.1, -0.05) is 0 Å². The van der Waals surface area contributed by atoms with Gasteiger partial charge in [0.15, 0.2) is 12.1 Å². The van der Waals surface area contributed by atoms with Gasteiger partial charge in [0.1, 0.15) is 11.6 Å². The van der Waals surface area contributed by atoms with E-state index >= 15 is 0 Å². The van der Waals surface area contributed by atoms with Gasteiger partial charge in [0, 0.05) is 79.4 Å². The van der Waals surface area contributed by atoms with Crippen molar-refractivity contribution in [1.82, 2.24) is 25.1 Å². The molecule has 1 saturated carbocycles. The van der Waals surface area contributed by atoms with Gasteiger partial charge in [0.25, 0.3) is 0 Å². The normalized spacial score (nSPS) is 19.7. The molecule has 39 heavy (non-hydrogen) atoms. The molecule has 3 heterocycles. The summed E-state index contributed by atoms with van der Waals surface area (Å²) in [5.41, 5.74) is 3.52. The Labute approximate surface area is 227 Å². The van der Waals surface area contributed by atoms with Crippen LogP contribution in [0.5, 0.6) is 6.01 Å². The summed E-state index contributed by atoms with van der Waals surface area (Å²) in [7, 11) is 3.54. The van der Waals surface area contributed by atoms with Crippen molar-refractivity contribution in [2.45, 2.75) is 57.7 Å². The smallest absolute Gasteiger partial charge is 0.317 e. The van der Waals surface area contributed by atoms with Crippen molar-refractivity contribution in [2.75, 3.05) is 30.4 Å². The summed E-state index contributed by atoms with van der Waals surface area (Å²) < 4.78 is 20.9. The highest BCUT2D eigenvalue weighted by Crippen LogP contribution is 2.31. The molecule has 1 aliphatic carbocycles. The summed E-state index contributed by atoms with van der Waals surface area (Å²) in [4.78, 5) is 22.9. The van der Waals surface area contributed by atoms with Gasteiger partial charge >= 0.3 is 6.01 Å². The van der Waals surface area contributed by atoms with E-state index in [1.54, 1.807) is 25.0 Å². The van der Waals surface area contributed by atoms with Crippen LogP contribution in [-0.2, 0) is 7.05 Å². The topological polar surface area (TPSA) is 97.2 Å². The van der Waals surface area contributed by atoms with E-state index in [0.717, 1.165) is 54.4 Å². The molecule has 2 aliphatic rings. The lowest BCUT2D eigenvalue weighted by molar-refractivity contribution is 0.112. The zero-order valence-electron chi connectivity index (χ0n) is 22.9. The minimum atomic E-state index is -0.289. The quantitative estimate of drug-likeness (QED) is 0.356. The van der Waals surface area contributed by atoms with Crippen molar-refractivity contribution >= 4 is 39.5 Å². The maximum Gasteiger partial charge on any atom is 0.317 e. The second-order valence-corrected chi connectivity index (χ2v) is 10.6. The van der Waals surface area contributed by atoms with Crippen LogP contribution in [0.2, 0.25) is 0 Å². The molecular formula is C29H36FN7O2. The molecule has 2 fully saturated rings. The maximum atomic E-state index is 13.3. The third-order valence-corrected chi connectivity index (χ3v) is 7.30. The van der Waals surface area contributed by atoms with Crippen molar-refractivity contribution in [1.29, 1.82) is 0 Å². The predicted octanol–water partition coefficient (Wildman–Crippen LogP) is 4.70. The largest absolute Gasteiger partial charge is 0.460 e. The van der Waals surface area contributed by atoms with Crippen LogP contribution in [0.1, 0.15) is 49.9 Å². The van der Waals surface area contributed by atoms with Crippen LogP contribution >= 0.6 is 0 Å². The first-order valence-electron chi connectivity index (χ1n) is 13.6. The van der Waals surface area contributed by atoms with Crippen LogP contribution in [-0.4, -0.2) is 64.4 Å². The SMILES string of the molecule is CC1CN(c2ccc(C=O)c3nc(OC4CCCC4)ncc23)C[C@@H](C)N1.CNc1cc(F)c2nn(C)cc2c1. The molecule has 6 rings (SSSR count). The lowest BCUT2D eigenvalue weighted by Gasteiger charge is -2.38. The number of carbonyl (C=O) groups excluding carboxylic acids is 1. The summed E-state index contributed by atoms with van der Waals surface area (Å²) in [5, 5.41) is 12.2. The summed E-state index contributed by atoms with van der Waals surface area (Å²) in [6.07, 6.45) is 9.16. The highest BCUT2D eigenvalue weighted by atomic mass is 19.1. The average molecular weight is 534 g/mol. The lowest BCUT2D eigenvalue weighted by Crippen LogP contribution is -2.54. The van der Waals surface area contributed by atoms with Gasteiger partial charge < -0.3 is 20.3 Å². The number of ether oxygens (including phenoxy) is 1. The number of aldehydes is 1. The number of halogens is 1. The Morgan fingerprint density at radius 1 is 1.13 bits per heavy atom. The number of aryl methyl sites for hydroxylation is 1. The van der Waals surface area contributed by atoms with Gasteiger partial charge in [0.2, 0.25) is 0 Å². The molecule has 0 radical (unpaired) electrons. The molecule has 0 spiro atoms. The minimum Gasteiger partial charge on any atom is -0.460 e. The zero-order chi connectivity index (χ0) is 27.5. The summed E-state index contributed by atoms with van der Waals surface area (Å²) >= 11 is 0. The van der Waals surface area contributed by atoms with E-state index in [9.17, 15) is 9.18 Å². The number of hydrogen-bond donors (Lipinski definition) is 2. The zero-order valence-corrected chi connectivity index (χ0v) is 22.9. The van der Waals surface area contributed by atoms with E-state index in [2.05, 4.69) is 44.4 Å². The maximum absolute atomic E-state index is 13.3. The van der Waals surface area contributed by atoms with Crippen LogP contribution < -0.4 is 20.3 Å². The molecule has 1 aliphatic heterocycles. The van der Waals surface area contributed by atoms with Crippen molar-refractivity contribution < 1.29 is 13.9 Å². The summed E-state index contributed by atoms with van der Waals surface area (Å²) in [6.45, 7) is 6.21. The fourth-order valence-electron chi connectivity index (χ4n) is 5.57. The molecule has 1 unspecified atom stereocenters. The Hall–Kier alpha value is -3.79. The molecule has 206 valence electrons. The monoisotopic (exact) mass is 533 g/mol. The minimum absolute atomic E-state index is 0.199. The fourth-order valence-corrected chi connectivity index (χ4v) is 5.57. The first kappa shape index (κ1) is 26.8. The predicted molar refractivity (Wildman–Crippen MR) is 152 cm³/mol. The molecule has 10 heteroatoms. The standard InChI is InChI=1S/C20H26N4O2.C9H10FN3/c1-13-10-24(11-14(2)22-13)18-8-7-15(12-25)19-17(18)9-21-20(23-19)26-16-5-3-4-6-16;1-11-7-3-6-5-13(2)12-9(6)8(10)4-7/h7-9,12-14,16,22H,3-6,10-11H2,1-2H3;3-5,11H,1-2H3/t13-,14?;/m1./s1. The Bertz CT molecular complexity index is 1460. The number of aromatic nitrogens is 4. The fraction of sp³-hybridized carbons (Fsp3) is 0.448. The van der Waals surface area contributed by atoms with E-state index in [-0.39, 0.29) is 11.9 Å². The van der Waals surface area contributed by atoms with Crippen LogP contribution in [0.4, 0.5) is 15.8 Å². The van der Waals surface area contributed by atoms with Gasteiger partial charge in [0.05, 0.1) is 5.52 Å². The number of fused-ring (bicyclic) bond motifs is 2. The number of nitrogens with one attached hydrogen (secondary N) is 2. The highest BCUT2D eigenvalue weighted by molar-refractivity contribution is 6.01. The summed E-state index contributed by atoms with van der Waals surface area (Å²) in [6, 6.07) is 8.37. The molecule has 0 bridgehead atoms. The molecule has 1 saturated heterocycles. The van der Waals surface area contributed by atoms with Crippen molar-refractivity contribution in [3.63, 3.8) is 0 Å². The Morgan fingerprint density at radius 3 is 2.56 bits per heavy atom. The van der Waals surface area contributed by atoms with Crippen LogP contribution in [0.3, 0.4) is 0 Å². The van der Waals surface area contributed by atoms with Gasteiger partial charge in [-0.2, -0.15) is 10.1 Å². The van der Waals surface area contributed by atoms with Gasteiger partial charge in [-0.05, 0) is 63.8 Å². The van der Waals surface area contributed by atoms with Gasteiger partial charge in [-0.15, -0.1) is 0 Å². The number of piperazine rings is 1. The molecule has 0 amide bonds. The first-order chi connectivity index (χ1) is 18.8. The van der Waals surface area contributed by atoms with Crippen LogP contribution in [0, 0.1) is 5.82 Å². The molecule has 2 aromatic heterocycles. The number of benzene rings is 2. The molecule has 2 N–H and O–H groups in total. The van der Waals surface area contributed by atoms with Crippen LogP contribution in [0.15, 0.2) is 36.7 Å².